The third-order valence-electron chi connectivity index (χ3n) is 5.45. The molecule has 34 heavy (non-hydrogen) atoms. The summed E-state index contributed by atoms with van der Waals surface area (Å²) in [5.41, 5.74) is 2.60. The van der Waals surface area contributed by atoms with E-state index in [-0.39, 0.29) is 23.0 Å². The van der Waals surface area contributed by atoms with E-state index in [9.17, 15) is 14.4 Å². The van der Waals surface area contributed by atoms with Gasteiger partial charge in [-0.05, 0) is 43.3 Å². The summed E-state index contributed by atoms with van der Waals surface area (Å²) >= 11 is 7.33. The van der Waals surface area contributed by atoms with E-state index in [4.69, 9.17) is 11.6 Å². The van der Waals surface area contributed by atoms with Crippen molar-refractivity contribution in [1.29, 1.82) is 0 Å². The van der Waals surface area contributed by atoms with Crippen molar-refractivity contribution in [1.82, 2.24) is 14.8 Å². The average molecular weight is 489 g/mol. The van der Waals surface area contributed by atoms with E-state index in [0.717, 1.165) is 5.69 Å². The van der Waals surface area contributed by atoms with Crippen LogP contribution in [-0.2, 0) is 4.79 Å². The van der Waals surface area contributed by atoms with Crippen LogP contribution in [0.3, 0.4) is 0 Å². The van der Waals surface area contributed by atoms with Gasteiger partial charge in [0, 0.05) is 33.0 Å². The summed E-state index contributed by atoms with van der Waals surface area (Å²) in [4.78, 5) is 38.6. The highest BCUT2D eigenvalue weighted by molar-refractivity contribution is 8.00. The van der Waals surface area contributed by atoms with Crippen LogP contribution in [-0.4, -0.2) is 37.5 Å². The zero-order valence-corrected chi connectivity index (χ0v) is 19.4. The quantitative estimate of drug-likeness (QED) is 0.357. The van der Waals surface area contributed by atoms with Gasteiger partial charge in [0.2, 0.25) is 5.91 Å². The largest absolute Gasteiger partial charge is 0.325 e. The fourth-order valence-electron chi connectivity index (χ4n) is 3.74. The molecule has 0 fully saturated rings. The lowest BCUT2D eigenvalue weighted by Gasteiger charge is -2.18. The number of halogens is 1. The molecule has 1 aliphatic carbocycles. The summed E-state index contributed by atoms with van der Waals surface area (Å²) in [5.74, 6) is -0.716. The number of amides is 1. The van der Waals surface area contributed by atoms with Gasteiger partial charge in [-0.3, -0.25) is 19.0 Å². The lowest BCUT2D eigenvalue weighted by Crippen LogP contribution is -2.24. The molecule has 5 rings (SSSR count). The molecule has 0 aliphatic heterocycles. The molecule has 1 aliphatic rings. The van der Waals surface area contributed by atoms with E-state index < -0.39 is 5.25 Å². The van der Waals surface area contributed by atoms with E-state index in [0.29, 0.717) is 32.6 Å². The summed E-state index contributed by atoms with van der Waals surface area (Å²) in [7, 11) is 0. The fraction of sp³-hybridized carbons (Fsp3) is 0.0800. The van der Waals surface area contributed by atoms with Crippen LogP contribution in [0.2, 0.25) is 5.02 Å². The minimum atomic E-state index is -0.517. The van der Waals surface area contributed by atoms with E-state index >= 15 is 0 Å². The van der Waals surface area contributed by atoms with Crippen molar-refractivity contribution >= 4 is 46.5 Å². The van der Waals surface area contributed by atoms with Crippen molar-refractivity contribution in [2.24, 2.45) is 0 Å². The Hall–Kier alpha value is -3.75. The molecule has 9 heteroatoms. The molecule has 7 nitrogen and oxygen atoms in total. The van der Waals surface area contributed by atoms with Crippen LogP contribution < -0.4 is 5.32 Å². The predicted molar refractivity (Wildman–Crippen MR) is 130 cm³/mol. The second-order valence-electron chi connectivity index (χ2n) is 7.68. The summed E-state index contributed by atoms with van der Waals surface area (Å²) in [6, 6.07) is 18.7. The SMILES string of the molecule is CC(Sc1nncn1-c1cccc(Cl)c1)C(=O)Nc1ccc2c(c1)C(=O)c1ccccc1C2=O. The van der Waals surface area contributed by atoms with E-state index in [1.54, 1.807) is 72.4 Å². The van der Waals surface area contributed by atoms with E-state index in [2.05, 4.69) is 15.5 Å². The highest BCUT2D eigenvalue weighted by Gasteiger charge is 2.29. The van der Waals surface area contributed by atoms with Gasteiger partial charge in [-0.15, -0.1) is 10.2 Å². The first-order valence-electron chi connectivity index (χ1n) is 10.4. The Morgan fingerprint density at radius 2 is 1.65 bits per heavy atom. The third kappa shape index (κ3) is 4.02. The van der Waals surface area contributed by atoms with Crippen LogP contribution in [0.15, 0.2) is 78.2 Å². The first-order valence-corrected chi connectivity index (χ1v) is 11.6. The first-order chi connectivity index (χ1) is 16.4. The Labute approximate surface area is 204 Å². The summed E-state index contributed by atoms with van der Waals surface area (Å²) in [6.07, 6.45) is 1.56. The smallest absolute Gasteiger partial charge is 0.237 e. The third-order valence-corrected chi connectivity index (χ3v) is 6.74. The summed E-state index contributed by atoms with van der Waals surface area (Å²) in [5, 5.41) is 11.5. The van der Waals surface area contributed by atoms with Crippen LogP contribution in [0.25, 0.3) is 5.69 Å². The van der Waals surface area contributed by atoms with Crippen molar-refractivity contribution in [3.63, 3.8) is 0 Å². The highest BCUT2D eigenvalue weighted by Crippen LogP contribution is 2.30. The van der Waals surface area contributed by atoms with Crippen molar-refractivity contribution in [2.75, 3.05) is 5.32 Å². The van der Waals surface area contributed by atoms with Crippen molar-refractivity contribution < 1.29 is 14.4 Å². The number of nitrogens with zero attached hydrogens (tertiary/aromatic N) is 3. The number of fused-ring (bicyclic) bond motifs is 2. The zero-order valence-electron chi connectivity index (χ0n) is 17.9. The van der Waals surface area contributed by atoms with Gasteiger partial charge in [-0.1, -0.05) is 53.7 Å². The molecule has 1 amide bonds. The number of carbonyl (C=O) groups excluding carboxylic acids is 3. The van der Waals surface area contributed by atoms with Crippen molar-refractivity contribution in [2.45, 2.75) is 17.3 Å². The molecule has 0 spiro atoms. The normalized spacial score (nSPS) is 13.2. The first kappa shape index (κ1) is 22.1. The van der Waals surface area contributed by atoms with Crippen molar-refractivity contribution in [3.8, 4) is 5.69 Å². The second-order valence-corrected chi connectivity index (χ2v) is 9.42. The Balaban J connectivity index is 1.34. The number of carbonyl (C=O) groups is 3. The minimum Gasteiger partial charge on any atom is -0.325 e. The number of nitrogens with one attached hydrogen (secondary N) is 1. The van der Waals surface area contributed by atoms with Gasteiger partial charge in [0.1, 0.15) is 6.33 Å². The number of hydrogen-bond acceptors (Lipinski definition) is 6. The topological polar surface area (TPSA) is 93.9 Å². The number of thioether (sulfide) groups is 1. The molecule has 0 saturated carbocycles. The molecular weight excluding hydrogens is 472 g/mol. The number of anilines is 1. The maximum atomic E-state index is 12.9. The molecule has 1 unspecified atom stereocenters. The number of aromatic nitrogens is 3. The lowest BCUT2D eigenvalue weighted by molar-refractivity contribution is -0.115. The molecule has 3 aromatic carbocycles. The molecule has 4 aromatic rings. The van der Waals surface area contributed by atoms with E-state index in [1.165, 1.54) is 11.8 Å². The molecule has 1 N–H and O–H groups in total. The summed E-state index contributed by atoms with van der Waals surface area (Å²) < 4.78 is 1.75. The van der Waals surface area contributed by atoms with Gasteiger partial charge in [0.05, 0.1) is 10.9 Å². The maximum Gasteiger partial charge on any atom is 0.237 e. The standard InChI is InChI=1S/C25H17ClN4O3S/c1-14(34-25-29-27-13-30(25)17-6-4-5-15(26)11-17)24(33)28-16-9-10-20-21(12-16)23(32)19-8-3-2-7-18(19)22(20)31/h2-14H,1H3,(H,28,33). The monoisotopic (exact) mass is 488 g/mol. The molecule has 1 atom stereocenters. The number of hydrogen-bond donors (Lipinski definition) is 1. The molecular formula is C25H17ClN4O3S. The van der Waals surface area contributed by atoms with Crippen LogP contribution in [0.1, 0.15) is 38.8 Å². The number of rotatable bonds is 5. The molecule has 0 bridgehead atoms. The van der Waals surface area contributed by atoms with Gasteiger partial charge in [0.25, 0.3) is 0 Å². The Bertz CT molecular complexity index is 1470. The Morgan fingerprint density at radius 3 is 2.38 bits per heavy atom. The van der Waals surface area contributed by atoms with Gasteiger partial charge in [0.15, 0.2) is 16.7 Å². The van der Waals surface area contributed by atoms with Crippen LogP contribution in [0.5, 0.6) is 0 Å². The predicted octanol–water partition coefficient (Wildman–Crippen LogP) is 4.82. The number of ketones is 2. The average Bonchev–Trinajstić information content (AvgIpc) is 3.30. The Kier molecular flexibility index (Phi) is 5.77. The van der Waals surface area contributed by atoms with Crippen LogP contribution >= 0.6 is 23.4 Å². The van der Waals surface area contributed by atoms with Gasteiger partial charge < -0.3 is 5.32 Å². The van der Waals surface area contributed by atoms with Crippen LogP contribution in [0, 0.1) is 0 Å². The van der Waals surface area contributed by atoms with Gasteiger partial charge >= 0.3 is 0 Å². The fourth-order valence-corrected chi connectivity index (χ4v) is 4.77. The molecule has 1 heterocycles. The van der Waals surface area contributed by atoms with E-state index in [1.807, 2.05) is 12.1 Å². The zero-order chi connectivity index (χ0) is 23.8. The molecule has 0 saturated heterocycles. The molecule has 0 radical (unpaired) electrons. The molecule has 168 valence electrons. The molecule has 1 aromatic heterocycles. The summed E-state index contributed by atoms with van der Waals surface area (Å²) in [6.45, 7) is 1.75. The second kappa shape index (κ2) is 8.89. The van der Waals surface area contributed by atoms with Crippen molar-refractivity contribution in [3.05, 3.63) is 100 Å². The maximum absolute atomic E-state index is 12.9. The Morgan fingerprint density at radius 1 is 0.941 bits per heavy atom. The number of benzene rings is 3. The lowest BCUT2D eigenvalue weighted by atomic mass is 9.84. The highest BCUT2D eigenvalue weighted by atomic mass is 35.5. The van der Waals surface area contributed by atoms with Gasteiger partial charge in [-0.25, -0.2) is 0 Å². The van der Waals surface area contributed by atoms with Gasteiger partial charge in [-0.2, -0.15) is 0 Å². The minimum absolute atomic E-state index is 0.202. The van der Waals surface area contributed by atoms with Crippen LogP contribution in [0.4, 0.5) is 5.69 Å².